The van der Waals surface area contributed by atoms with Crippen molar-refractivity contribution in [2.45, 2.75) is 35.1 Å². The normalized spacial score (nSPS) is 18.4. The fourth-order valence-electron chi connectivity index (χ4n) is 10.5. The molecule has 0 aromatic carbocycles. The minimum atomic E-state index is -0.269. The monoisotopic (exact) mass is 1050 g/mol. The number of anilines is 2. The lowest BCUT2D eigenvalue weighted by atomic mass is 10.0. The van der Waals surface area contributed by atoms with Crippen LogP contribution in [-0.2, 0) is 23.7 Å². The maximum Gasteiger partial charge on any atom is 0.225 e. The van der Waals surface area contributed by atoms with Gasteiger partial charge in [-0.05, 0) is 59.8 Å². The molecule has 20 heteroatoms. The van der Waals surface area contributed by atoms with Gasteiger partial charge in [0.25, 0.3) is 0 Å². The summed E-state index contributed by atoms with van der Waals surface area (Å²) in [7, 11) is 3.79. The van der Waals surface area contributed by atoms with Crippen LogP contribution in [0.15, 0.2) is 98.4 Å². The molecule has 1 amide bonds. The predicted octanol–water partition coefficient (Wildman–Crippen LogP) is 8.01. The Bertz CT molecular complexity index is 3390. The van der Waals surface area contributed by atoms with Gasteiger partial charge in [0.2, 0.25) is 11.1 Å². The molecule has 12 heterocycles. The number of nitriles is 2. The molecule has 0 unspecified atom stereocenters. The highest BCUT2D eigenvalue weighted by Gasteiger charge is 2.42. The van der Waals surface area contributed by atoms with Gasteiger partial charge in [0.1, 0.15) is 23.8 Å². The Morgan fingerprint density at radius 1 is 0.587 bits per heavy atom. The fourth-order valence-corrected chi connectivity index (χ4v) is 10.5. The Hall–Kier alpha value is -7.64. The van der Waals surface area contributed by atoms with Crippen molar-refractivity contribution in [3.8, 4) is 56.6 Å². The number of fused-ring (bicyclic) bond motifs is 4. The second kappa shape index (κ2) is 22.5. The van der Waals surface area contributed by atoms with Gasteiger partial charge in [0.15, 0.2) is 0 Å². The molecule has 8 aromatic heterocycles. The summed E-state index contributed by atoms with van der Waals surface area (Å²) in [4.78, 5) is 38.7. The predicted molar refractivity (Wildman–Crippen MR) is 293 cm³/mol. The third-order valence-corrected chi connectivity index (χ3v) is 14.9. The van der Waals surface area contributed by atoms with Gasteiger partial charge < -0.3 is 20.0 Å². The average Bonchev–Trinajstić information content (AvgIpc) is 4.25. The van der Waals surface area contributed by atoms with Crippen LogP contribution in [0.25, 0.3) is 55.5 Å². The maximum absolute atomic E-state index is 12.4. The van der Waals surface area contributed by atoms with Crippen LogP contribution in [0.1, 0.15) is 46.2 Å². The van der Waals surface area contributed by atoms with Gasteiger partial charge in [-0.15, -0.1) is 12.4 Å². The second-order valence-corrected chi connectivity index (χ2v) is 20.6. The molecule has 4 saturated heterocycles. The van der Waals surface area contributed by atoms with E-state index in [-0.39, 0.29) is 42.8 Å². The highest BCUT2D eigenvalue weighted by atomic mass is 35.5. The molecule has 0 radical (unpaired) electrons. The molecule has 18 nitrogen and oxygen atoms in total. The van der Waals surface area contributed by atoms with E-state index in [1.807, 2.05) is 82.4 Å². The molecule has 4 aliphatic heterocycles. The van der Waals surface area contributed by atoms with E-state index in [0.29, 0.717) is 23.0 Å². The zero-order valence-electron chi connectivity index (χ0n) is 42.2. The fraction of sp³-hybridized carbons (Fsp3) is 0.382. The van der Waals surface area contributed by atoms with Crippen LogP contribution in [0.3, 0.4) is 0 Å². The van der Waals surface area contributed by atoms with Crippen LogP contribution in [-0.4, -0.2) is 117 Å². The molecule has 4 aliphatic rings. The number of amides is 1. The number of aryl methyl sites for hydroxylation is 2. The number of nitrogens with one attached hydrogen (secondary N) is 1. The SMILES string of the molecule is C.CC(C)C(=O)Cl.CC(C)C(=O)N1C[C@@H]2CN(c3ccc(-c4cc(-c5cnn(C)c5)cn5ncc(C#N)c45)cn3)C[C@@H]2C1.Cl.Cn1cc(-c2cc(-c3ccc(N4C[C@H]5CNC[C@H]5C4)nc3)c3c(C#N)cnn3c2)cn1. The number of likely N-dealkylation sites (tertiary alicyclic amines) is 1. The van der Waals surface area contributed by atoms with Crippen molar-refractivity contribution < 1.29 is 9.59 Å². The van der Waals surface area contributed by atoms with E-state index in [0.717, 1.165) is 131 Å². The summed E-state index contributed by atoms with van der Waals surface area (Å²) in [6.07, 6.45) is 18.5. The Kier molecular flexibility index (Phi) is 16.1. The first kappa shape index (κ1) is 53.6. The molecule has 0 spiro atoms. The lowest BCUT2D eigenvalue weighted by Crippen LogP contribution is -2.35. The Balaban J connectivity index is 0.000000177. The number of aromatic nitrogens is 10. The molecular weight excluding hydrogens is 988 g/mol. The molecule has 1 N–H and O–H groups in total. The van der Waals surface area contributed by atoms with E-state index in [1.165, 1.54) is 0 Å². The molecule has 8 aromatic rings. The van der Waals surface area contributed by atoms with Gasteiger partial charge in [0, 0.05) is 172 Å². The van der Waals surface area contributed by atoms with E-state index >= 15 is 0 Å². The van der Waals surface area contributed by atoms with Gasteiger partial charge in [-0.1, -0.05) is 35.1 Å². The summed E-state index contributed by atoms with van der Waals surface area (Å²) in [5, 5.41) is 39.9. The third kappa shape index (κ3) is 11.0. The van der Waals surface area contributed by atoms with Crippen LogP contribution in [0.5, 0.6) is 0 Å². The number of pyridine rings is 4. The molecule has 75 heavy (non-hydrogen) atoms. The van der Waals surface area contributed by atoms with Crippen molar-refractivity contribution in [1.82, 2.24) is 59.0 Å². The van der Waals surface area contributed by atoms with Crippen molar-refractivity contribution in [1.29, 1.82) is 10.5 Å². The first-order valence-electron chi connectivity index (χ1n) is 24.7. The van der Waals surface area contributed by atoms with Crippen LogP contribution in [0.2, 0.25) is 0 Å². The van der Waals surface area contributed by atoms with E-state index in [1.54, 1.807) is 44.6 Å². The molecule has 12 rings (SSSR count). The Morgan fingerprint density at radius 3 is 1.36 bits per heavy atom. The van der Waals surface area contributed by atoms with Crippen molar-refractivity contribution in [2.24, 2.45) is 49.6 Å². The zero-order valence-corrected chi connectivity index (χ0v) is 43.7. The van der Waals surface area contributed by atoms with E-state index in [4.69, 9.17) is 21.6 Å². The van der Waals surface area contributed by atoms with Crippen LogP contribution in [0.4, 0.5) is 11.6 Å². The summed E-state index contributed by atoms with van der Waals surface area (Å²) in [5.74, 6) is 4.69. The molecule has 0 bridgehead atoms. The summed E-state index contributed by atoms with van der Waals surface area (Å²) in [5.41, 5.74) is 10.3. The number of hydrogen-bond acceptors (Lipinski definition) is 13. The minimum absolute atomic E-state index is 0. The molecule has 0 saturated carbocycles. The highest BCUT2D eigenvalue weighted by Crippen LogP contribution is 2.37. The highest BCUT2D eigenvalue weighted by molar-refractivity contribution is 6.63. The first-order valence-corrected chi connectivity index (χ1v) is 25.1. The van der Waals surface area contributed by atoms with Crippen LogP contribution >= 0.6 is 24.0 Å². The lowest BCUT2D eigenvalue weighted by Gasteiger charge is -2.23. The van der Waals surface area contributed by atoms with Crippen molar-refractivity contribution >= 4 is 57.8 Å². The largest absolute Gasteiger partial charge is 0.356 e. The number of rotatable bonds is 8. The Labute approximate surface area is 447 Å². The zero-order chi connectivity index (χ0) is 51.1. The molecule has 388 valence electrons. The lowest BCUT2D eigenvalue weighted by molar-refractivity contribution is -0.133. The van der Waals surface area contributed by atoms with Gasteiger partial charge in [-0.25, -0.2) is 19.0 Å². The summed E-state index contributed by atoms with van der Waals surface area (Å²) in [6, 6.07) is 17.0. The van der Waals surface area contributed by atoms with E-state index in [9.17, 15) is 20.1 Å². The second-order valence-electron chi connectivity index (χ2n) is 20.2. The number of carbonyl (C=O) groups is 2. The van der Waals surface area contributed by atoms with Crippen molar-refractivity contribution in [3.05, 3.63) is 109 Å². The third-order valence-electron chi connectivity index (χ3n) is 14.4. The van der Waals surface area contributed by atoms with Crippen LogP contribution < -0.4 is 15.1 Å². The van der Waals surface area contributed by atoms with Gasteiger partial charge in [-0.2, -0.15) is 30.9 Å². The standard InChI is InChI=1S/C27H28N8O.C23H22N8.C4H7ClO.CH4.ClH/c1-17(2)27(36)34-14-22-12-33(13-23(22)15-34)25-5-4-18(8-29-25)24-6-19(21-10-30-32(3)11-21)16-35-26(24)20(7-28)9-31-35;1-29-11-20(10-27-29)16-4-21(23-17(5-24)9-28-31(23)14-16)15-2-3-22(26-8-15)30-12-18-6-25-7-19(18)13-30;1-3(2)4(5)6;;/h4-6,8-11,16-17,22-23H,12-15H2,1-3H3;2-4,8-11,14,18-19,25H,6-7,12-13H2,1H3;3H,1-2H3;1H4;1H/t22-,23+;18-,19+;;;. The first-order chi connectivity index (χ1) is 35.2. The molecule has 4 atom stereocenters. The Morgan fingerprint density at radius 2 is 1.01 bits per heavy atom. The summed E-state index contributed by atoms with van der Waals surface area (Å²) in [6.45, 7) is 15.3. The number of halogens is 2. The molecular formula is C55H62Cl2N16O2. The summed E-state index contributed by atoms with van der Waals surface area (Å²) >= 11 is 4.97. The van der Waals surface area contributed by atoms with E-state index < -0.39 is 0 Å². The van der Waals surface area contributed by atoms with Crippen LogP contribution in [0, 0.1) is 58.2 Å². The maximum atomic E-state index is 12.4. The molecule has 4 fully saturated rings. The van der Waals surface area contributed by atoms with Gasteiger partial charge in [-0.3, -0.25) is 19.0 Å². The minimum Gasteiger partial charge on any atom is -0.356 e. The number of carbonyl (C=O) groups excluding carboxylic acids is 2. The quantitative estimate of drug-likeness (QED) is 0.144. The average molecular weight is 1050 g/mol. The number of hydrogen-bond donors (Lipinski definition) is 1. The smallest absolute Gasteiger partial charge is 0.225 e. The summed E-state index contributed by atoms with van der Waals surface area (Å²) < 4.78 is 7.08. The van der Waals surface area contributed by atoms with Crippen molar-refractivity contribution in [2.75, 3.05) is 62.2 Å². The topological polar surface area (TPSA) is 199 Å². The number of nitrogens with zero attached hydrogens (tertiary/aromatic N) is 15. The van der Waals surface area contributed by atoms with Gasteiger partial charge in [0.05, 0.1) is 46.9 Å². The molecule has 0 aliphatic carbocycles. The van der Waals surface area contributed by atoms with Crippen molar-refractivity contribution in [3.63, 3.8) is 0 Å². The van der Waals surface area contributed by atoms with E-state index in [2.05, 4.69) is 84.0 Å². The van der Waals surface area contributed by atoms with Gasteiger partial charge >= 0.3 is 0 Å².